The Balaban J connectivity index is 2.63. The zero-order valence-corrected chi connectivity index (χ0v) is 7.59. The minimum atomic E-state index is -1.11. The second kappa shape index (κ2) is 3.53. The van der Waals surface area contributed by atoms with E-state index in [9.17, 15) is 9.18 Å². The number of nitrogens with zero attached hydrogens (tertiary/aromatic N) is 2. The highest BCUT2D eigenvalue weighted by molar-refractivity contribution is 5.91. The number of carboxylic acids is 1. The molecule has 0 aliphatic rings. The second-order valence-corrected chi connectivity index (χ2v) is 2.92. The van der Waals surface area contributed by atoms with Crippen LogP contribution in [-0.4, -0.2) is 20.9 Å². The third kappa shape index (κ3) is 1.71. The molecule has 0 aliphatic carbocycles. The maximum Gasteiger partial charge on any atom is 0.337 e. The molecule has 5 heteroatoms. The van der Waals surface area contributed by atoms with Crippen molar-refractivity contribution in [1.82, 2.24) is 9.78 Å². The molecule has 0 unspecified atom stereocenters. The lowest BCUT2D eigenvalue weighted by molar-refractivity contribution is 0.0696. The first-order valence-corrected chi connectivity index (χ1v) is 4.21. The van der Waals surface area contributed by atoms with Gasteiger partial charge in [0, 0.05) is 18.5 Å². The normalized spacial score (nSPS) is 10.2. The molecule has 0 amide bonds. The molecule has 15 heavy (non-hydrogen) atoms. The van der Waals surface area contributed by atoms with E-state index in [1.165, 1.54) is 16.9 Å². The van der Waals surface area contributed by atoms with Gasteiger partial charge in [-0.3, -0.25) is 0 Å². The summed E-state index contributed by atoms with van der Waals surface area (Å²) in [5, 5.41) is 12.7. The minimum absolute atomic E-state index is 0.0140. The molecule has 1 aromatic heterocycles. The van der Waals surface area contributed by atoms with E-state index in [4.69, 9.17) is 5.11 Å². The summed E-state index contributed by atoms with van der Waals surface area (Å²) in [6, 6.07) is 5.10. The Morgan fingerprint density at radius 1 is 1.47 bits per heavy atom. The number of hydrogen-bond donors (Lipinski definition) is 1. The number of carbonyl (C=O) groups is 1. The van der Waals surface area contributed by atoms with Crippen LogP contribution in [0, 0.1) is 5.82 Å². The topological polar surface area (TPSA) is 55.1 Å². The number of aromatic nitrogens is 2. The van der Waals surface area contributed by atoms with Gasteiger partial charge in [0.1, 0.15) is 5.82 Å². The summed E-state index contributed by atoms with van der Waals surface area (Å²) in [5.74, 6) is -1.61. The Morgan fingerprint density at radius 3 is 2.87 bits per heavy atom. The van der Waals surface area contributed by atoms with Crippen molar-refractivity contribution in [1.29, 1.82) is 0 Å². The maximum atomic E-state index is 13.0. The molecule has 2 rings (SSSR count). The number of halogens is 1. The third-order valence-electron chi connectivity index (χ3n) is 1.94. The summed E-state index contributed by atoms with van der Waals surface area (Å²) in [6.45, 7) is 0. The van der Waals surface area contributed by atoms with E-state index in [1.807, 2.05) is 0 Å². The largest absolute Gasteiger partial charge is 0.478 e. The average molecular weight is 206 g/mol. The second-order valence-electron chi connectivity index (χ2n) is 2.92. The van der Waals surface area contributed by atoms with E-state index < -0.39 is 11.8 Å². The summed E-state index contributed by atoms with van der Waals surface area (Å²) in [6.07, 6.45) is 3.05. The van der Waals surface area contributed by atoms with Gasteiger partial charge in [0.25, 0.3) is 0 Å². The van der Waals surface area contributed by atoms with Crippen LogP contribution in [0.2, 0.25) is 0 Å². The fraction of sp³-hybridized carbons (Fsp3) is 0. The molecule has 0 radical (unpaired) electrons. The molecule has 0 bridgehead atoms. The van der Waals surface area contributed by atoms with Gasteiger partial charge in [-0.25, -0.2) is 13.9 Å². The predicted octanol–water partition coefficient (Wildman–Crippen LogP) is 1.71. The van der Waals surface area contributed by atoms with Crippen molar-refractivity contribution >= 4 is 5.97 Å². The van der Waals surface area contributed by atoms with E-state index >= 15 is 0 Å². The summed E-state index contributed by atoms with van der Waals surface area (Å²) in [5.41, 5.74) is 0.229. The molecule has 2 aromatic rings. The molecule has 1 aromatic carbocycles. The summed E-state index contributed by atoms with van der Waals surface area (Å²) < 4.78 is 14.3. The van der Waals surface area contributed by atoms with Crippen LogP contribution >= 0.6 is 0 Å². The van der Waals surface area contributed by atoms with Crippen molar-refractivity contribution < 1.29 is 14.3 Å². The zero-order valence-electron chi connectivity index (χ0n) is 7.59. The lowest BCUT2D eigenvalue weighted by Crippen LogP contribution is -2.06. The first kappa shape index (κ1) is 9.39. The van der Waals surface area contributed by atoms with E-state index in [0.717, 1.165) is 12.1 Å². The lowest BCUT2D eigenvalue weighted by Gasteiger charge is -2.05. The molecule has 0 atom stereocenters. The van der Waals surface area contributed by atoms with Gasteiger partial charge in [-0.05, 0) is 18.2 Å². The standard InChI is InChI=1S/C10H7FN2O2/c11-7-2-3-8(10(14)15)9(6-7)13-5-1-4-12-13/h1-6H,(H,14,15). The van der Waals surface area contributed by atoms with Gasteiger partial charge in [-0.1, -0.05) is 0 Å². The average Bonchev–Trinajstić information content (AvgIpc) is 2.69. The predicted molar refractivity (Wildman–Crippen MR) is 50.5 cm³/mol. The molecular formula is C10H7FN2O2. The van der Waals surface area contributed by atoms with Crippen LogP contribution in [0.3, 0.4) is 0 Å². The summed E-state index contributed by atoms with van der Waals surface area (Å²) >= 11 is 0. The van der Waals surface area contributed by atoms with E-state index in [2.05, 4.69) is 5.10 Å². The van der Waals surface area contributed by atoms with Crippen molar-refractivity contribution in [3.8, 4) is 5.69 Å². The van der Waals surface area contributed by atoms with E-state index in [-0.39, 0.29) is 11.3 Å². The molecule has 1 heterocycles. The van der Waals surface area contributed by atoms with Crippen molar-refractivity contribution in [3.05, 3.63) is 48.0 Å². The van der Waals surface area contributed by atoms with Gasteiger partial charge in [-0.15, -0.1) is 0 Å². The van der Waals surface area contributed by atoms with Gasteiger partial charge in [0.05, 0.1) is 11.3 Å². The van der Waals surface area contributed by atoms with Crippen LogP contribution < -0.4 is 0 Å². The lowest BCUT2D eigenvalue weighted by atomic mass is 10.2. The van der Waals surface area contributed by atoms with Crippen molar-refractivity contribution in [2.75, 3.05) is 0 Å². The fourth-order valence-corrected chi connectivity index (χ4v) is 1.29. The van der Waals surface area contributed by atoms with Gasteiger partial charge in [0.2, 0.25) is 0 Å². The Labute approximate surface area is 84.6 Å². The van der Waals surface area contributed by atoms with Crippen LogP contribution in [0.15, 0.2) is 36.7 Å². The molecule has 1 N–H and O–H groups in total. The number of benzene rings is 1. The Bertz CT molecular complexity index is 494. The summed E-state index contributed by atoms with van der Waals surface area (Å²) in [7, 11) is 0. The number of rotatable bonds is 2. The maximum absolute atomic E-state index is 13.0. The van der Waals surface area contributed by atoms with Gasteiger partial charge in [0.15, 0.2) is 0 Å². The highest BCUT2D eigenvalue weighted by Gasteiger charge is 2.12. The zero-order chi connectivity index (χ0) is 10.8. The first-order valence-electron chi connectivity index (χ1n) is 4.21. The van der Waals surface area contributed by atoms with Gasteiger partial charge >= 0.3 is 5.97 Å². The molecule has 4 nitrogen and oxygen atoms in total. The van der Waals surface area contributed by atoms with E-state index in [1.54, 1.807) is 12.3 Å². The molecule has 0 saturated carbocycles. The van der Waals surface area contributed by atoms with Crippen molar-refractivity contribution in [2.24, 2.45) is 0 Å². The molecular weight excluding hydrogens is 199 g/mol. The van der Waals surface area contributed by atoms with Crippen LogP contribution in [-0.2, 0) is 0 Å². The SMILES string of the molecule is O=C(O)c1ccc(F)cc1-n1cccn1. The Morgan fingerprint density at radius 2 is 2.27 bits per heavy atom. The quantitative estimate of drug-likeness (QED) is 0.813. The number of hydrogen-bond acceptors (Lipinski definition) is 2. The highest BCUT2D eigenvalue weighted by Crippen LogP contribution is 2.15. The number of aromatic carboxylic acids is 1. The molecule has 0 fully saturated rings. The van der Waals surface area contributed by atoms with Gasteiger partial charge in [-0.2, -0.15) is 5.10 Å². The highest BCUT2D eigenvalue weighted by atomic mass is 19.1. The van der Waals surface area contributed by atoms with Crippen LogP contribution in [0.5, 0.6) is 0 Å². The van der Waals surface area contributed by atoms with Crippen molar-refractivity contribution in [3.63, 3.8) is 0 Å². The van der Waals surface area contributed by atoms with E-state index in [0.29, 0.717) is 0 Å². The Kier molecular flexibility index (Phi) is 2.21. The minimum Gasteiger partial charge on any atom is -0.478 e. The van der Waals surface area contributed by atoms with Crippen LogP contribution in [0.1, 0.15) is 10.4 Å². The Hall–Kier alpha value is -2.17. The number of carboxylic acid groups (broad SMARTS) is 1. The smallest absolute Gasteiger partial charge is 0.337 e. The van der Waals surface area contributed by atoms with Crippen LogP contribution in [0.4, 0.5) is 4.39 Å². The van der Waals surface area contributed by atoms with Crippen molar-refractivity contribution in [2.45, 2.75) is 0 Å². The third-order valence-corrected chi connectivity index (χ3v) is 1.94. The molecule has 0 aliphatic heterocycles. The summed E-state index contributed by atoms with van der Waals surface area (Å²) in [4.78, 5) is 10.9. The molecule has 0 spiro atoms. The van der Waals surface area contributed by atoms with Gasteiger partial charge < -0.3 is 5.11 Å². The molecule has 76 valence electrons. The first-order chi connectivity index (χ1) is 7.18. The monoisotopic (exact) mass is 206 g/mol. The fourth-order valence-electron chi connectivity index (χ4n) is 1.29. The van der Waals surface area contributed by atoms with Crippen LogP contribution in [0.25, 0.3) is 5.69 Å². The molecule has 0 saturated heterocycles.